The number of nitrogens with zero attached hydrogens (tertiary/aromatic N) is 5. The summed E-state index contributed by atoms with van der Waals surface area (Å²) in [7, 11) is -4.78. The van der Waals surface area contributed by atoms with Gasteiger partial charge in [-0.05, 0) is 57.7 Å². The molecule has 0 bridgehead atoms. The molecule has 0 fully saturated rings. The van der Waals surface area contributed by atoms with Crippen LogP contribution in [0, 0.1) is 0 Å². The fourth-order valence-electron chi connectivity index (χ4n) is 4.00. The van der Waals surface area contributed by atoms with Gasteiger partial charge in [-0.15, -0.1) is 20.4 Å². The zero-order valence-electron chi connectivity index (χ0n) is 21.6. The molecule has 0 saturated heterocycles. The number of sulfonamides is 1. The van der Waals surface area contributed by atoms with Crippen LogP contribution in [-0.2, 0) is 21.2 Å². The van der Waals surface area contributed by atoms with E-state index in [9.17, 15) is 26.4 Å². The summed E-state index contributed by atoms with van der Waals surface area (Å²) >= 11 is 0.817. The number of rotatable bonds is 11. The lowest BCUT2D eigenvalue weighted by Crippen LogP contribution is -2.38. The van der Waals surface area contributed by atoms with E-state index in [0.29, 0.717) is 6.42 Å². The van der Waals surface area contributed by atoms with Gasteiger partial charge in [0, 0.05) is 18.3 Å². The molecule has 0 amide bonds. The third-order valence-electron chi connectivity index (χ3n) is 5.67. The van der Waals surface area contributed by atoms with E-state index in [1.54, 1.807) is 19.9 Å². The van der Waals surface area contributed by atoms with E-state index in [1.807, 2.05) is 4.72 Å². The molecule has 0 aliphatic carbocycles. The van der Waals surface area contributed by atoms with Gasteiger partial charge in [-0.25, -0.2) is 13.2 Å². The molecule has 0 spiro atoms. The van der Waals surface area contributed by atoms with Crippen LogP contribution in [0.15, 0.2) is 22.4 Å². The molecular formula is C23H31F3N6O4S2. The van der Waals surface area contributed by atoms with Crippen LogP contribution in [0.5, 0.6) is 0 Å². The predicted octanol–water partition coefficient (Wildman–Crippen LogP) is 6.15. The molecule has 38 heavy (non-hydrogen) atoms. The van der Waals surface area contributed by atoms with Crippen molar-refractivity contribution in [3.63, 3.8) is 0 Å². The van der Waals surface area contributed by atoms with Gasteiger partial charge in [0.15, 0.2) is 5.75 Å². The minimum Gasteiger partial charge on any atom is -0.458 e. The predicted molar refractivity (Wildman–Crippen MR) is 139 cm³/mol. The molecule has 0 saturated carbocycles. The summed E-state index contributed by atoms with van der Waals surface area (Å²) in [5, 5.41) is 15.5. The monoisotopic (exact) mass is 576 g/mol. The Morgan fingerprint density at radius 3 is 2.66 bits per heavy atom. The standard InChI is InChI=1S/C23H31F3N6O4S2/c1-5-6-7-10-32-15(4)8-9-16-11-17(18(12-19(16)32)31-38(34,35)13-23(24,25)26)27-29-22-30-28-20(37-22)21(33)36-14(2)3/h11-12,14-15,31H,5-10,13H2,1-4H3. The van der Waals surface area contributed by atoms with Gasteiger partial charge in [-0.2, -0.15) is 13.2 Å². The van der Waals surface area contributed by atoms with E-state index in [1.165, 1.54) is 6.07 Å². The molecule has 0 radical (unpaired) electrons. The molecule has 1 aliphatic rings. The Bertz CT molecular complexity index is 1260. The minimum absolute atomic E-state index is 0.00246. The van der Waals surface area contributed by atoms with E-state index >= 15 is 0 Å². The molecular weight excluding hydrogens is 545 g/mol. The highest BCUT2D eigenvalue weighted by Gasteiger charge is 2.36. The molecule has 210 valence electrons. The zero-order valence-corrected chi connectivity index (χ0v) is 23.2. The summed E-state index contributed by atoms with van der Waals surface area (Å²) in [6.07, 6.45) is -0.770. The third-order valence-corrected chi connectivity index (χ3v) is 7.69. The first-order valence-corrected chi connectivity index (χ1v) is 14.7. The number of ether oxygens (including phenoxy) is 1. The second-order valence-corrected chi connectivity index (χ2v) is 12.0. The lowest BCUT2D eigenvalue weighted by Gasteiger charge is -2.37. The smallest absolute Gasteiger partial charge is 0.404 e. The Morgan fingerprint density at radius 1 is 1.26 bits per heavy atom. The number of nitrogens with one attached hydrogen (secondary N) is 1. The number of fused-ring (bicyclic) bond motifs is 1. The molecule has 1 aromatic carbocycles. The summed E-state index contributed by atoms with van der Waals surface area (Å²) in [6.45, 7) is 8.25. The molecule has 1 unspecified atom stereocenters. The largest absolute Gasteiger partial charge is 0.458 e. The molecule has 2 heterocycles. The molecule has 1 aromatic heterocycles. The Morgan fingerprint density at radius 2 is 2.00 bits per heavy atom. The zero-order chi connectivity index (χ0) is 28.1. The summed E-state index contributed by atoms with van der Waals surface area (Å²) in [4.78, 5) is 14.2. The topological polar surface area (TPSA) is 126 Å². The molecule has 15 heteroatoms. The Labute approximate surface area is 223 Å². The maximum atomic E-state index is 12.9. The second-order valence-electron chi connectivity index (χ2n) is 9.31. The van der Waals surface area contributed by atoms with Crippen molar-refractivity contribution in [2.24, 2.45) is 10.2 Å². The number of carbonyl (C=O) groups is 1. The van der Waals surface area contributed by atoms with Crippen molar-refractivity contribution in [1.82, 2.24) is 10.2 Å². The Hall–Kier alpha value is -2.81. The van der Waals surface area contributed by atoms with Crippen LogP contribution in [0.3, 0.4) is 0 Å². The highest BCUT2D eigenvalue weighted by Crippen LogP contribution is 2.40. The van der Waals surface area contributed by atoms with Crippen molar-refractivity contribution < 1.29 is 31.1 Å². The van der Waals surface area contributed by atoms with Gasteiger partial charge in [-0.1, -0.05) is 31.1 Å². The number of hydrogen-bond donors (Lipinski definition) is 1. The van der Waals surface area contributed by atoms with Crippen molar-refractivity contribution in [3.05, 3.63) is 22.7 Å². The first-order valence-electron chi connectivity index (χ1n) is 12.2. The number of aromatic nitrogens is 2. The second kappa shape index (κ2) is 12.4. The van der Waals surface area contributed by atoms with E-state index in [2.05, 4.69) is 39.2 Å². The van der Waals surface area contributed by atoms with Gasteiger partial charge < -0.3 is 9.64 Å². The molecule has 1 atom stereocenters. The molecule has 3 rings (SSSR count). The number of unbranched alkanes of at least 4 members (excludes halogenated alkanes) is 2. The van der Waals surface area contributed by atoms with Crippen molar-refractivity contribution in [2.45, 2.75) is 78.1 Å². The Balaban J connectivity index is 1.98. The van der Waals surface area contributed by atoms with E-state index in [-0.39, 0.29) is 33.7 Å². The average molecular weight is 577 g/mol. The minimum atomic E-state index is -4.92. The summed E-state index contributed by atoms with van der Waals surface area (Å²) in [5.41, 5.74) is 1.53. The molecule has 10 nitrogen and oxygen atoms in total. The number of alkyl halides is 3. The molecule has 1 N–H and O–H groups in total. The van der Waals surface area contributed by atoms with Crippen LogP contribution in [0.25, 0.3) is 0 Å². The van der Waals surface area contributed by atoms with Crippen LogP contribution in [0.4, 0.5) is 35.4 Å². The maximum Gasteiger partial charge on any atom is 0.404 e. The van der Waals surface area contributed by atoms with E-state index in [0.717, 1.165) is 54.8 Å². The van der Waals surface area contributed by atoms with Crippen LogP contribution >= 0.6 is 11.3 Å². The van der Waals surface area contributed by atoms with Crippen LogP contribution in [-0.4, -0.2) is 55.2 Å². The van der Waals surface area contributed by atoms with Gasteiger partial charge in [0.05, 0.1) is 11.8 Å². The van der Waals surface area contributed by atoms with Crippen LogP contribution < -0.4 is 9.62 Å². The number of anilines is 2. The van der Waals surface area contributed by atoms with E-state index < -0.39 is 27.9 Å². The van der Waals surface area contributed by atoms with Crippen LogP contribution in [0.1, 0.15) is 68.7 Å². The Kier molecular flexibility index (Phi) is 9.68. The van der Waals surface area contributed by atoms with E-state index in [4.69, 9.17) is 4.74 Å². The number of hydrogen-bond acceptors (Lipinski definition) is 10. The number of halogens is 3. The van der Waals surface area contributed by atoms with Crippen molar-refractivity contribution in [3.8, 4) is 0 Å². The number of benzene rings is 1. The summed E-state index contributed by atoms with van der Waals surface area (Å²) in [6, 6.07) is 3.32. The van der Waals surface area contributed by atoms with Crippen molar-refractivity contribution in [1.29, 1.82) is 0 Å². The number of esters is 1. The first-order chi connectivity index (χ1) is 17.8. The lowest BCUT2D eigenvalue weighted by molar-refractivity contribution is -0.106. The number of aryl methyl sites for hydroxylation is 1. The normalized spacial score (nSPS) is 16.2. The first kappa shape index (κ1) is 29.7. The average Bonchev–Trinajstić information content (AvgIpc) is 3.26. The molecule has 2 aromatic rings. The van der Waals surface area contributed by atoms with Crippen molar-refractivity contribution in [2.75, 3.05) is 21.9 Å². The fraction of sp³-hybridized carbons (Fsp3) is 0.609. The van der Waals surface area contributed by atoms with Gasteiger partial charge in [0.25, 0.3) is 5.13 Å². The summed E-state index contributed by atoms with van der Waals surface area (Å²) in [5.74, 6) is -2.72. The quantitative estimate of drug-likeness (QED) is 0.193. The number of carbonyl (C=O) groups excluding carboxylic acids is 1. The maximum absolute atomic E-state index is 12.9. The van der Waals surface area contributed by atoms with Gasteiger partial charge in [0.2, 0.25) is 15.0 Å². The van der Waals surface area contributed by atoms with Crippen molar-refractivity contribution >= 4 is 49.5 Å². The van der Waals surface area contributed by atoms with Gasteiger partial charge >= 0.3 is 12.1 Å². The van der Waals surface area contributed by atoms with Gasteiger partial charge in [0.1, 0.15) is 5.69 Å². The van der Waals surface area contributed by atoms with Crippen LogP contribution in [0.2, 0.25) is 0 Å². The fourth-order valence-corrected chi connectivity index (χ4v) is 5.55. The van der Waals surface area contributed by atoms with Gasteiger partial charge in [-0.3, -0.25) is 4.72 Å². The SMILES string of the molecule is CCCCCN1c2cc(NS(=O)(=O)CC(F)(F)F)c(N=Nc3nnc(C(=O)OC(C)C)s3)cc2CCC1C. The lowest BCUT2D eigenvalue weighted by atomic mass is 9.95. The molecule has 1 aliphatic heterocycles. The summed E-state index contributed by atoms with van der Waals surface area (Å²) < 4.78 is 70.5. The number of azo groups is 1. The third kappa shape index (κ3) is 8.35. The highest BCUT2D eigenvalue weighted by atomic mass is 32.2. The highest BCUT2D eigenvalue weighted by molar-refractivity contribution is 7.92.